The van der Waals surface area contributed by atoms with Crippen LogP contribution < -0.4 is 24.3 Å². The van der Waals surface area contributed by atoms with Gasteiger partial charge in [0.05, 0.1) is 32.6 Å². The third kappa shape index (κ3) is 6.96. The predicted octanol–water partition coefficient (Wildman–Crippen LogP) is 4.31. The van der Waals surface area contributed by atoms with Gasteiger partial charge in [0.2, 0.25) is 5.91 Å². The zero-order chi connectivity index (χ0) is 24.4. The van der Waals surface area contributed by atoms with Crippen LogP contribution in [-0.2, 0) is 9.53 Å². The van der Waals surface area contributed by atoms with Gasteiger partial charge in [-0.05, 0) is 23.8 Å². The maximum atomic E-state index is 12.7. The molecule has 2 rings (SSSR count). The number of carbonyl (C=O) groups excluding carboxylic acids is 2. The topological polar surface area (TPSA) is 92.3 Å². The van der Waals surface area contributed by atoms with Crippen LogP contribution in [0.2, 0.25) is 0 Å². The molecule has 1 N–H and O–H groups in total. The van der Waals surface area contributed by atoms with Crippen LogP contribution in [0.1, 0.15) is 15.9 Å². The first kappa shape index (κ1) is 25.2. The molecular formula is C23H23F2NO7. The zero-order valence-electron chi connectivity index (χ0n) is 18.2. The molecule has 0 unspecified atom stereocenters. The fourth-order valence-corrected chi connectivity index (χ4v) is 2.69. The standard InChI is InChI=1S/C23H23F2NO7/c1-5-10-32-17-8-6-14(11-18(17)29-2)7-9-21(27)26-16-13-20(33-23(24)25)19(30-3)12-15(16)22(28)31-4/h5-9,11-13,23H,1,10H2,2-4H3,(H,26,27)/b9-7+. The monoisotopic (exact) mass is 463 g/mol. The fourth-order valence-electron chi connectivity index (χ4n) is 2.69. The highest BCUT2D eigenvalue weighted by molar-refractivity contribution is 6.07. The molecule has 2 aromatic rings. The van der Waals surface area contributed by atoms with Crippen molar-refractivity contribution >= 4 is 23.6 Å². The highest BCUT2D eigenvalue weighted by Crippen LogP contribution is 2.35. The third-order valence-corrected chi connectivity index (χ3v) is 4.15. The number of methoxy groups -OCH3 is 3. The van der Waals surface area contributed by atoms with Gasteiger partial charge in [0.15, 0.2) is 23.0 Å². The van der Waals surface area contributed by atoms with Gasteiger partial charge in [-0.3, -0.25) is 4.79 Å². The molecule has 10 heteroatoms. The van der Waals surface area contributed by atoms with Gasteiger partial charge in [-0.1, -0.05) is 18.7 Å². The van der Waals surface area contributed by atoms with E-state index in [-0.39, 0.29) is 22.7 Å². The van der Waals surface area contributed by atoms with E-state index in [9.17, 15) is 18.4 Å². The number of anilines is 1. The minimum atomic E-state index is -3.14. The molecule has 0 saturated heterocycles. The van der Waals surface area contributed by atoms with Crippen LogP contribution in [0.25, 0.3) is 6.08 Å². The predicted molar refractivity (Wildman–Crippen MR) is 117 cm³/mol. The van der Waals surface area contributed by atoms with E-state index in [1.165, 1.54) is 26.4 Å². The Balaban J connectivity index is 2.28. The van der Waals surface area contributed by atoms with E-state index in [0.29, 0.717) is 23.7 Å². The summed E-state index contributed by atoms with van der Waals surface area (Å²) in [5, 5.41) is 2.45. The van der Waals surface area contributed by atoms with Crippen LogP contribution in [0.5, 0.6) is 23.0 Å². The number of hydrogen-bond acceptors (Lipinski definition) is 7. The minimum Gasteiger partial charge on any atom is -0.493 e. The van der Waals surface area contributed by atoms with E-state index >= 15 is 0 Å². The van der Waals surface area contributed by atoms with E-state index in [0.717, 1.165) is 19.2 Å². The molecular weight excluding hydrogens is 440 g/mol. The molecule has 33 heavy (non-hydrogen) atoms. The number of carbonyl (C=O) groups is 2. The first-order valence-corrected chi connectivity index (χ1v) is 9.48. The van der Waals surface area contributed by atoms with Crippen molar-refractivity contribution in [2.45, 2.75) is 6.61 Å². The summed E-state index contributed by atoms with van der Waals surface area (Å²) >= 11 is 0. The average molecular weight is 463 g/mol. The first-order valence-electron chi connectivity index (χ1n) is 9.48. The summed E-state index contributed by atoms with van der Waals surface area (Å²) in [7, 11) is 3.84. The maximum Gasteiger partial charge on any atom is 0.387 e. The van der Waals surface area contributed by atoms with E-state index in [1.54, 1.807) is 24.3 Å². The second-order valence-electron chi connectivity index (χ2n) is 6.25. The molecule has 176 valence electrons. The van der Waals surface area contributed by atoms with Crippen LogP contribution in [0.15, 0.2) is 49.1 Å². The molecule has 0 bridgehead atoms. The number of halogens is 2. The lowest BCUT2D eigenvalue weighted by molar-refractivity contribution is -0.111. The Labute approximate surface area is 189 Å². The Morgan fingerprint density at radius 2 is 1.73 bits per heavy atom. The van der Waals surface area contributed by atoms with Crippen LogP contribution in [0.4, 0.5) is 14.5 Å². The summed E-state index contributed by atoms with van der Waals surface area (Å²) in [5.74, 6) is -0.979. The fraction of sp³-hybridized carbons (Fsp3) is 0.217. The van der Waals surface area contributed by atoms with E-state index < -0.39 is 18.5 Å². The second kappa shape index (κ2) is 12.1. The van der Waals surface area contributed by atoms with Crippen LogP contribution in [-0.4, -0.2) is 46.4 Å². The van der Waals surface area contributed by atoms with Gasteiger partial charge >= 0.3 is 12.6 Å². The van der Waals surface area contributed by atoms with Gasteiger partial charge in [-0.15, -0.1) is 0 Å². The summed E-state index contributed by atoms with van der Waals surface area (Å²) in [6, 6.07) is 7.22. The molecule has 2 aromatic carbocycles. The lowest BCUT2D eigenvalue weighted by Gasteiger charge is -2.15. The molecule has 0 heterocycles. The molecule has 0 saturated carbocycles. The second-order valence-corrected chi connectivity index (χ2v) is 6.25. The van der Waals surface area contributed by atoms with Crippen molar-refractivity contribution in [1.29, 1.82) is 0 Å². The Morgan fingerprint density at radius 3 is 2.33 bits per heavy atom. The quantitative estimate of drug-likeness (QED) is 0.302. The van der Waals surface area contributed by atoms with Crippen LogP contribution in [0, 0.1) is 0 Å². The largest absolute Gasteiger partial charge is 0.493 e. The molecule has 0 spiro atoms. The zero-order valence-corrected chi connectivity index (χ0v) is 18.2. The number of alkyl halides is 2. The van der Waals surface area contributed by atoms with Gasteiger partial charge in [0, 0.05) is 18.2 Å². The van der Waals surface area contributed by atoms with Gasteiger partial charge in [-0.25, -0.2) is 4.79 Å². The molecule has 0 atom stereocenters. The number of nitrogens with one attached hydrogen (secondary N) is 1. The van der Waals surface area contributed by atoms with E-state index in [2.05, 4.69) is 21.4 Å². The number of ether oxygens (including phenoxy) is 5. The van der Waals surface area contributed by atoms with Crippen molar-refractivity contribution in [2.75, 3.05) is 33.3 Å². The third-order valence-electron chi connectivity index (χ3n) is 4.15. The highest BCUT2D eigenvalue weighted by atomic mass is 19.3. The van der Waals surface area contributed by atoms with E-state index in [1.807, 2.05) is 0 Å². The molecule has 0 aliphatic rings. The Kier molecular flexibility index (Phi) is 9.22. The summed E-state index contributed by atoms with van der Waals surface area (Å²) in [6.07, 6.45) is 4.28. The molecule has 0 aromatic heterocycles. The summed E-state index contributed by atoms with van der Waals surface area (Å²) in [5.41, 5.74) is 0.416. The van der Waals surface area contributed by atoms with Crippen LogP contribution >= 0.6 is 0 Å². The van der Waals surface area contributed by atoms with Crippen molar-refractivity contribution in [1.82, 2.24) is 0 Å². The minimum absolute atomic E-state index is 0.0984. The van der Waals surface area contributed by atoms with Crippen molar-refractivity contribution in [2.24, 2.45) is 0 Å². The summed E-state index contributed by atoms with van der Waals surface area (Å²) in [4.78, 5) is 24.6. The van der Waals surface area contributed by atoms with Crippen LogP contribution in [0.3, 0.4) is 0 Å². The molecule has 1 amide bonds. The van der Waals surface area contributed by atoms with Crippen molar-refractivity contribution in [3.8, 4) is 23.0 Å². The van der Waals surface area contributed by atoms with Gasteiger partial charge in [-0.2, -0.15) is 8.78 Å². The van der Waals surface area contributed by atoms with E-state index in [4.69, 9.17) is 14.2 Å². The van der Waals surface area contributed by atoms with Crippen molar-refractivity contribution in [3.05, 3.63) is 60.2 Å². The van der Waals surface area contributed by atoms with Crippen molar-refractivity contribution < 1.29 is 42.1 Å². The van der Waals surface area contributed by atoms with Gasteiger partial charge < -0.3 is 29.0 Å². The van der Waals surface area contributed by atoms with Gasteiger partial charge in [0.25, 0.3) is 0 Å². The number of rotatable bonds is 11. The summed E-state index contributed by atoms with van der Waals surface area (Å²) in [6.45, 7) is 0.743. The average Bonchev–Trinajstić information content (AvgIpc) is 2.80. The summed E-state index contributed by atoms with van der Waals surface area (Å²) < 4.78 is 50.3. The number of benzene rings is 2. The maximum absolute atomic E-state index is 12.7. The Bertz CT molecular complexity index is 1040. The van der Waals surface area contributed by atoms with Crippen molar-refractivity contribution in [3.63, 3.8) is 0 Å². The van der Waals surface area contributed by atoms with Gasteiger partial charge in [0.1, 0.15) is 6.61 Å². The molecule has 0 fully saturated rings. The molecule has 0 radical (unpaired) electrons. The lowest BCUT2D eigenvalue weighted by Crippen LogP contribution is -2.14. The highest BCUT2D eigenvalue weighted by Gasteiger charge is 2.20. The SMILES string of the molecule is C=CCOc1ccc(/C=C/C(=O)Nc2cc(OC(F)F)c(OC)cc2C(=O)OC)cc1OC. The molecule has 0 aliphatic carbocycles. The lowest BCUT2D eigenvalue weighted by atomic mass is 10.1. The number of hydrogen-bond donors (Lipinski definition) is 1. The molecule has 8 nitrogen and oxygen atoms in total. The molecule has 0 aliphatic heterocycles. The normalized spacial score (nSPS) is 10.6. The smallest absolute Gasteiger partial charge is 0.387 e. The first-order chi connectivity index (χ1) is 15.8. The Hall–Kier alpha value is -4.08. The number of esters is 1. The Morgan fingerprint density at radius 1 is 1.03 bits per heavy atom. The number of amides is 1.